The summed E-state index contributed by atoms with van der Waals surface area (Å²) in [6.07, 6.45) is 1.20. The van der Waals surface area contributed by atoms with Gasteiger partial charge in [0.1, 0.15) is 0 Å². The van der Waals surface area contributed by atoms with E-state index in [9.17, 15) is 4.79 Å². The maximum Gasteiger partial charge on any atom is 0.178 e. The Morgan fingerprint density at radius 1 is 1.32 bits per heavy atom. The van der Waals surface area contributed by atoms with Gasteiger partial charge in [0.2, 0.25) is 0 Å². The van der Waals surface area contributed by atoms with Crippen molar-refractivity contribution in [3.05, 3.63) is 23.0 Å². The Labute approximate surface area is 120 Å². The number of hydrogen-bond donors (Lipinski definition) is 0. The molecular formula is C15H24N2OS. The van der Waals surface area contributed by atoms with Crippen LogP contribution >= 0.6 is 11.8 Å². The molecule has 4 heteroatoms. The SMILES string of the molecule is CCn1c(C)cc(C(=O)CN2CCCSCC2)c1C. The minimum absolute atomic E-state index is 0.278. The number of hydrogen-bond acceptors (Lipinski definition) is 3. The van der Waals surface area contributed by atoms with Crippen molar-refractivity contribution < 1.29 is 4.79 Å². The predicted octanol–water partition coefficient (Wildman–Crippen LogP) is 2.75. The molecule has 19 heavy (non-hydrogen) atoms. The van der Waals surface area contributed by atoms with Gasteiger partial charge in [0.15, 0.2) is 5.78 Å². The summed E-state index contributed by atoms with van der Waals surface area (Å²) in [5, 5.41) is 0. The van der Waals surface area contributed by atoms with E-state index in [1.807, 2.05) is 17.8 Å². The first kappa shape index (κ1) is 14.7. The van der Waals surface area contributed by atoms with Gasteiger partial charge in [0.25, 0.3) is 0 Å². The van der Waals surface area contributed by atoms with Gasteiger partial charge in [-0.05, 0) is 45.6 Å². The summed E-state index contributed by atoms with van der Waals surface area (Å²) in [5.74, 6) is 2.66. The summed E-state index contributed by atoms with van der Waals surface area (Å²) < 4.78 is 2.21. The van der Waals surface area contributed by atoms with Crippen molar-refractivity contribution in [2.24, 2.45) is 0 Å². The molecule has 1 fully saturated rings. The molecule has 0 unspecified atom stereocenters. The van der Waals surface area contributed by atoms with Crippen molar-refractivity contribution in [1.82, 2.24) is 9.47 Å². The molecule has 2 heterocycles. The molecule has 0 amide bonds. The van der Waals surface area contributed by atoms with E-state index in [0.717, 1.165) is 36.6 Å². The fourth-order valence-electron chi connectivity index (χ4n) is 2.81. The van der Waals surface area contributed by atoms with E-state index in [1.165, 1.54) is 17.9 Å². The Morgan fingerprint density at radius 3 is 2.79 bits per heavy atom. The summed E-state index contributed by atoms with van der Waals surface area (Å²) >= 11 is 2.00. The lowest BCUT2D eigenvalue weighted by atomic mass is 10.1. The van der Waals surface area contributed by atoms with Crippen LogP contribution in [0.4, 0.5) is 0 Å². The molecule has 0 aliphatic carbocycles. The van der Waals surface area contributed by atoms with Gasteiger partial charge in [-0.3, -0.25) is 9.69 Å². The first-order valence-corrected chi connectivity index (χ1v) is 8.29. The Balaban J connectivity index is 2.07. The molecule has 0 radical (unpaired) electrons. The lowest BCUT2D eigenvalue weighted by Crippen LogP contribution is -2.32. The lowest BCUT2D eigenvalue weighted by Gasteiger charge is -2.18. The van der Waals surface area contributed by atoms with Crippen LogP contribution < -0.4 is 0 Å². The van der Waals surface area contributed by atoms with Crippen molar-refractivity contribution in [3.63, 3.8) is 0 Å². The monoisotopic (exact) mass is 280 g/mol. The van der Waals surface area contributed by atoms with Crippen molar-refractivity contribution in [3.8, 4) is 0 Å². The van der Waals surface area contributed by atoms with Crippen LogP contribution in [0.5, 0.6) is 0 Å². The summed E-state index contributed by atoms with van der Waals surface area (Å²) in [6.45, 7) is 9.88. The third kappa shape index (κ3) is 3.42. The number of Topliss-reactive ketones (excluding diaryl/α,β-unsaturated/α-hetero) is 1. The molecule has 2 rings (SSSR count). The van der Waals surface area contributed by atoms with Crippen molar-refractivity contribution in [2.45, 2.75) is 33.7 Å². The number of nitrogens with zero attached hydrogens (tertiary/aromatic N) is 2. The van der Waals surface area contributed by atoms with Crippen molar-refractivity contribution in [1.29, 1.82) is 0 Å². The first-order chi connectivity index (χ1) is 9.13. The number of aromatic nitrogens is 1. The highest BCUT2D eigenvalue weighted by Crippen LogP contribution is 2.17. The Kier molecular flexibility index (Phi) is 5.11. The van der Waals surface area contributed by atoms with Crippen LogP contribution in [0.2, 0.25) is 0 Å². The summed E-state index contributed by atoms with van der Waals surface area (Å²) in [6, 6.07) is 2.05. The number of carbonyl (C=O) groups is 1. The normalized spacial score (nSPS) is 17.4. The second-order valence-electron chi connectivity index (χ2n) is 5.19. The standard InChI is InChI=1S/C15H24N2OS/c1-4-17-12(2)10-14(13(17)3)15(18)11-16-6-5-8-19-9-7-16/h10H,4-9,11H2,1-3H3. The molecule has 0 saturated carbocycles. The zero-order valence-corrected chi connectivity index (χ0v) is 13.1. The Morgan fingerprint density at radius 2 is 2.11 bits per heavy atom. The van der Waals surface area contributed by atoms with Crippen LogP contribution in [0.25, 0.3) is 0 Å². The number of thioether (sulfide) groups is 1. The van der Waals surface area contributed by atoms with E-state index >= 15 is 0 Å². The van der Waals surface area contributed by atoms with E-state index in [0.29, 0.717) is 6.54 Å². The molecule has 0 bridgehead atoms. The van der Waals surface area contributed by atoms with Gasteiger partial charge in [-0.25, -0.2) is 0 Å². The molecule has 1 saturated heterocycles. The van der Waals surface area contributed by atoms with Gasteiger partial charge in [-0.15, -0.1) is 0 Å². The van der Waals surface area contributed by atoms with Crippen LogP contribution in [0.1, 0.15) is 35.1 Å². The molecule has 106 valence electrons. The van der Waals surface area contributed by atoms with E-state index < -0.39 is 0 Å². The average Bonchev–Trinajstić information content (AvgIpc) is 2.58. The second-order valence-corrected chi connectivity index (χ2v) is 6.42. The quantitative estimate of drug-likeness (QED) is 0.793. The Bertz CT molecular complexity index is 445. The molecule has 0 spiro atoms. The smallest absolute Gasteiger partial charge is 0.178 e. The fourth-order valence-corrected chi connectivity index (χ4v) is 3.74. The lowest BCUT2D eigenvalue weighted by molar-refractivity contribution is 0.0935. The molecule has 0 aromatic carbocycles. The Hall–Kier alpha value is -0.740. The van der Waals surface area contributed by atoms with Gasteiger partial charge in [0.05, 0.1) is 6.54 Å². The maximum atomic E-state index is 12.5. The molecule has 1 aliphatic heterocycles. The van der Waals surface area contributed by atoms with Crippen LogP contribution in [0.15, 0.2) is 6.07 Å². The largest absolute Gasteiger partial charge is 0.349 e. The van der Waals surface area contributed by atoms with E-state index in [4.69, 9.17) is 0 Å². The molecule has 1 aromatic heterocycles. The minimum atomic E-state index is 0.278. The molecule has 1 aromatic rings. The van der Waals surface area contributed by atoms with Gasteiger partial charge in [-0.1, -0.05) is 0 Å². The summed E-state index contributed by atoms with van der Waals surface area (Å²) in [5.41, 5.74) is 3.22. The van der Waals surface area contributed by atoms with Crippen LogP contribution in [0, 0.1) is 13.8 Å². The zero-order chi connectivity index (χ0) is 13.8. The van der Waals surface area contributed by atoms with E-state index in [2.05, 4.69) is 30.2 Å². The highest BCUT2D eigenvalue weighted by atomic mass is 32.2. The average molecular weight is 280 g/mol. The number of carbonyl (C=O) groups excluding carboxylic acids is 1. The topological polar surface area (TPSA) is 25.2 Å². The van der Waals surface area contributed by atoms with E-state index in [1.54, 1.807) is 0 Å². The zero-order valence-electron chi connectivity index (χ0n) is 12.2. The van der Waals surface area contributed by atoms with Crippen molar-refractivity contribution >= 4 is 17.5 Å². The van der Waals surface area contributed by atoms with Crippen LogP contribution in [-0.4, -0.2) is 46.4 Å². The molecular weight excluding hydrogens is 256 g/mol. The number of ketones is 1. The van der Waals surface area contributed by atoms with Gasteiger partial charge >= 0.3 is 0 Å². The van der Waals surface area contributed by atoms with Crippen LogP contribution in [-0.2, 0) is 6.54 Å². The second kappa shape index (κ2) is 6.62. The maximum absolute atomic E-state index is 12.5. The third-order valence-corrected chi connectivity index (χ3v) is 4.92. The van der Waals surface area contributed by atoms with Gasteiger partial charge < -0.3 is 4.57 Å². The molecule has 0 atom stereocenters. The van der Waals surface area contributed by atoms with Gasteiger partial charge in [-0.2, -0.15) is 11.8 Å². The molecule has 1 aliphatic rings. The van der Waals surface area contributed by atoms with E-state index in [-0.39, 0.29) is 5.78 Å². The molecule has 3 nitrogen and oxygen atoms in total. The first-order valence-electron chi connectivity index (χ1n) is 7.13. The predicted molar refractivity (Wildman–Crippen MR) is 82.3 cm³/mol. The highest BCUT2D eigenvalue weighted by molar-refractivity contribution is 7.99. The fraction of sp³-hybridized carbons (Fsp3) is 0.667. The summed E-state index contributed by atoms with van der Waals surface area (Å²) in [7, 11) is 0. The minimum Gasteiger partial charge on any atom is -0.349 e. The number of aryl methyl sites for hydroxylation is 1. The van der Waals surface area contributed by atoms with Crippen LogP contribution in [0.3, 0.4) is 0 Å². The van der Waals surface area contributed by atoms with Gasteiger partial charge in [0, 0.05) is 35.8 Å². The third-order valence-electron chi connectivity index (χ3n) is 3.87. The number of rotatable bonds is 4. The highest BCUT2D eigenvalue weighted by Gasteiger charge is 2.18. The molecule has 0 N–H and O–H groups in total. The summed E-state index contributed by atoms with van der Waals surface area (Å²) in [4.78, 5) is 14.8. The van der Waals surface area contributed by atoms with Crippen molar-refractivity contribution in [2.75, 3.05) is 31.1 Å².